The van der Waals surface area contributed by atoms with E-state index in [2.05, 4.69) is 11.6 Å². The topological polar surface area (TPSA) is 77.3 Å². The van der Waals surface area contributed by atoms with Crippen molar-refractivity contribution >= 4 is 23.4 Å². The first kappa shape index (κ1) is 33.4. The average Bonchev–Trinajstić information content (AvgIpc) is 3.05. The van der Waals surface area contributed by atoms with Gasteiger partial charge in [-0.25, -0.2) is 4.79 Å². The maximum atomic E-state index is 12.3. The van der Waals surface area contributed by atoms with Crippen molar-refractivity contribution in [1.82, 2.24) is 0 Å². The minimum absolute atomic E-state index is 0.0347. The fraction of sp³-hybridized carbons (Fsp3) is 0.211. The predicted octanol–water partition coefficient (Wildman–Crippen LogP) is 7.51. The lowest BCUT2D eigenvalue weighted by atomic mass is 10.0. The van der Waals surface area contributed by atoms with Gasteiger partial charge in [0.1, 0.15) is 6.54 Å². The van der Waals surface area contributed by atoms with E-state index in [1.165, 1.54) is 0 Å². The molecule has 4 aromatic carbocycles. The Morgan fingerprint density at radius 2 is 1.02 bits per heavy atom. The van der Waals surface area contributed by atoms with Crippen LogP contribution in [0.5, 0.6) is 0 Å². The van der Waals surface area contributed by atoms with E-state index in [4.69, 9.17) is 14.5 Å². The van der Waals surface area contributed by atoms with Gasteiger partial charge in [-0.1, -0.05) is 127 Å². The standard InChI is InChI=1S/C21H23NO2.C17H17NO2/c1-4-24-21(23)19(15-16(2)3)22-20(17-11-7-5-8-12-17)18-13-9-6-10-14-18;1-2-20-16(19)13-18-17(14-9-5-3-6-10-14)15-11-7-4-8-12-15/h5-14,19H,2,4,15H2,1,3H3;3-12H,2,13H2,1H3. The lowest BCUT2D eigenvalue weighted by molar-refractivity contribution is -0.144. The summed E-state index contributed by atoms with van der Waals surface area (Å²) in [6.07, 6.45) is 0.474. The zero-order chi connectivity index (χ0) is 31.6. The molecule has 1 unspecified atom stereocenters. The summed E-state index contributed by atoms with van der Waals surface area (Å²) < 4.78 is 10.1. The van der Waals surface area contributed by atoms with E-state index >= 15 is 0 Å². The van der Waals surface area contributed by atoms with E-state index in [1.807, 2.05) is 128 Å². The van der Waals surface area contributed by atoms with Crippen LogP contribution in [-0.4, -0.2) is 49.2 Å². The highest BCUT2D eigenvalue weighted by Crippen LogP contribution is 2.16. The largest absolute Gasteiger partial charge is 0.465 e. The van der Waals surface area contributed by atoms with Gasteiger partial charge in [-0.2, -0.15) is 0 Å². The number of hydrogen-bond donors (Lipinski definition) is 0. The highest BCUT2D eigenvalue weighted by atomic mass is 16.5. The number of ether oxygens (including phenoxy) is 2. The van der Waals surface area contributed by atoms with Crippen LogP contribution >= 0.6 is 0 Å². The van der Waals surface area contributed by atoms with E-state index in [9.17, 15) is 9.59 Å². The van der Waals surface area contributed by atoms with E-state index in [0.29, 0.717) is 19.6 Å². The highest BCUT2D eigenvalue weighted by molar-refractivity contribution is 6.14. The number of rotatable bonds is 12. The Labute approximate surface area is 260 Å². The van der Waals surface area contributed by atoms with Gasteiger partial charge in [0.25, 0.3) is 0 Å². The lowest BCUT2D eigenvalue weighted by Gasteiger charge is -2.15. The molecule has 1 atom stereocenters. The molecule has 0 aliphatic rings. The summed E-state index contributed by atoms with van der Waals surface area (Å²) in [6, 6.07) is 38.8. The molecule has 0 N–H and O–H groups in total. The van der Waals surface area contributed by atoms with Crippen LogP contribution in [0.1, 0.15) is 49.4 Å². The van der Waals surface area contributed by atoms with Gasteiger partial charge in [-0.15, -0.1) is 6.58 Å². The molecule has 4 aromatic rings. The lowest BCUT2D eigenvalue weighted by Crippen LogP contribution is -2.24. The predicted molar refractivity (Wildman–Crippen MR) is 178 cm³/mol. The molecule has 0 aliphatic heterocycles. The fourth-order valence-corrected chi connectivity index (χ4v) is 4.31. The van der Waals surface area contributed by atoms with Crippen LogP contribution in [0.2, 0.25) is 0 Å². The molecule has 0 spiro atoms. The molecule has 6 nitrogen and oxygen atoms in total. The normalized spacial score (nSPS) is 10.7. The van der Waals surface area contributed by atoms with Crippen molar-refractivity contribution in [3.8, 4) is 0 Å². The zero-order valence-corrected chi connectivity index (χ0v) is 25.7. The maximum absolute atomic E-state index is 12.3. The second-order valence-corrected chi connectivity index (χ2v) is 9.84. The molecule has 0 heterocycles. The average molecular weight is 589 g/mol. The van der Waals surface area contributed by atoms with Crippen molar-refractivity contribution in [2.75, 3.05) is 19.8 Å². The van der Waals surface area contributed by atoms with Gasteiger partial charge in [0.2, 0.25) is 0 Å². The van der Waals surface area contributed by atoms with Gasteiger partial charge >= 0.3 is 11.9 Å². The van der Waals surface area contributed by atoms with Gasteiger partial charge < -0.3 is 9.47 Å². The Morgan fingerprint density at radius 1 is 0.636 bits per heavy atom. The van der Waals surface area contributed by atoms with Crippen molar-refractivity contribution in [1.29, 1.82) is 0 Å². The second kappa shape index (κ2) is 18.4. The summed E-state index contributed by atoms with van der Waals surface area (Å²) in [4.78, 5) is 33.0. The van der Waals surface area contributed by atoms with Gasteiger partial charge in [0.05, 0.1) is 24.6 Å². The molecule has 6 heteroatoms. The molecular formula is C38H40N2O4. The van der Waals surface area contributed by atoms with E-state index in [1.54, 1.807) is 13.8 Å². The van der Waals surface area contributed by atoms with Gasteiger partial charge in [0.15, 0.2) is 6.04 Å². The molecule has 226 valence electrons. The summed E-state index contributed by atoms with van der Waals surface area (Å²) in [5.74, 6) is -0.623. The number of esters is 2. The Hall–Kier alpha value is -5.10. The molecule has 0 fully saturated rings. The monoisotopic (exact) mass is 588 g/mol. The summed E-state index contributed by atoms with van der Waals surface area (Å²) in [7, 11) is 0. The van der Waals surface area contributed by atoms with Crippen molar-refractivity contribution < 1.29 is 19.1 Å². The molecule has 0 bridgehead atoms. The Morgan fingerprint density at radius 3 is 1.39 bits per heavy atom. The van der Waals surface area contributed by atoms with Gasteiger partial charge in [-0.3, -0.25) is 14.8 Å². The third-order valence-corrected chi connectivity index (χ3v) is 6.25. The van der Waals surface area contributed by atoms with Crippen molar-refractivity contribution in [2.24, 2.45) is 9.98 Å². The smallest absolute Gasteiger partial charge is 0.331 e. The molecular weight excluding hydrogens is 548 g/mol. The third kappa shape index (κ3) is 11.0. The molecule has 0 aromatic heterocycles. The van der Waals surface area contributed by atoms with E-state index in [-0.39, 0.29) is 18.5 Å². The number of hydrogen-bond acceptors (Lipinski definition) is 6. The zero-order valence-electron chi connectivity index (χ0n) is 25.7. The Bertz CT molecular complexity index is 1430. The van der Waals surface area contributed by atoms with E-state index < -0.39 is 6.04 Å². The summed E-state index contributed by atoms with van der Waals surface area (Å²) in [5, 5.41) is 0. The molecule has 0 amide bonds. The highest BCUT2D eigenvalue weighted by Gasteiger charge is 2.21. The first-order valence-electron chi connectivity index (χ1n) is 14.7. The Balaban J connectivity index is 0.000000244. The van der Waals surface area contributed by atoms with E-state index in [0.717, 1.165) is 39.3 Å². The minimum atomic E-state index is -0.585. The number of carbonyl (C=O) groups is 2. The van der Waals surface area contributed by atoms with Crippen molar-refractivity contribution in [3.63, 3.8) is 0 Å². The Kier molecular flexibility index (Phi) is 14.0. The number of nitrogens with zero attached hydrogens (tertiary/aromatic N) is 2. The molecule has 0 saturated carbocycles. The molecule has 0 aliphatic carbocycles. The van der Waals surface area contributed by atoms with Crippen LogP contribution < -0.4 is 0 Å². The number of aliphatic imine (C=N–C) groups is 2. The molecule has 4 rings (SSSR count). The third-order valence-electron chi connectivity index (χ3n) is 6.25. The van der Waals surface area contributed by atoms with Crippen LogP contribution in [-0.2, 0) is 19.1 Å². The number of benzene rings is 4. The first-order chi connectivity index (χ1) is 21.4. The van der Waals surface area contributed by atoms with Gasteiger partial charge in [0, 0.05) is 28.7 Å². The minimum Gasteiger partial charge on any atom is -0.465 e. The SMILES string of the molecule is C=C(C)CC(N=C(c1ccccc1)c1ccccc1)C(=O)OCC.CCOC(=O)CN=C(c1ccccc1)c1ccccc1. The maximum Gasteiger partial charge on any atom is 0.331 e. The summed E-state index contributed by atoms with van der Waals surface area (Å²) in [6.45, 7) is 10.1. The van der Waals surface area contributed by atoms with Crippen LogP contribution in [0.4, 0.5) is 0 Å². The van der Waals surface area contributed by atoms with Crippen molar-refractivity contribution in [3.05, 3.63) is 156 Å². The van der Waals surface area contributed by atoms with Crippen LogP contribution in [0, 0.1) is 0 Å². The second-order valence-electron chi connectivity index (χ2n) is 9.84. The van der Waals surface area contributed by atoms with Gasteiger partial charge in [-0.05, 0) is 20.8 Å². The van der Waals surface area contributed by atoms with Crippen LogP contribution in [0.15, 0.2) is 143 Å². The summed E-state index contributed by atoms with van der Waals surface area (Å²) >= 11 is 0. The molecule has 0 saturated heterocycles. The molecule has 44 heavy (non-hydrogen) atoms. The molecule has 0 radical (unpaired) electrons. The first-order valence-corrected chi connectivity index (χ1v) is 14.7. The van der Waals surface area contributed by atoms with Crippen LogP contribution in [0.3, 0.4) is 0 Å². The summed E-state index contributed by atoms with van der Waals surface area (Å²) in [5.41, 5.74) is 6.41. The quantitative estimate of drug-likeness (QED) is 0.0975. The van der Waals surface area contributed by atoms with Crippen molar-refractivity contribution in [2.45, 2.75) is 33.2 Å². The van der Waals surface area contributed by atoms with Crippen LogP contribution in [0.25, 0.3) is 0 Å². The number of carbonyl (C=O) groups excluding carboxylic acids is 2. The fourth-order valence-electron chi connectivity index (χ4n) is 4.31.